The second-order valence-corrected chi connectivity index (χ2v) is 21.4. The number of hydrogen-bond donors (Lipinski definition) is 1. The summed E-state index contributed by atoms with van der Waals surface area (Å²) >= 11 is 1.53. The molecule has 13 nitrogen and oxygen atoms in total. The van der Waals surface area contributed by atoms with Gasteiger partial charge in [-0.1, -0.05) is 38.8 Å². The third kappa shape index (κ3) is 9.64. The van der Waals surface area contributed by atoms with E-state index in [1.165, 1.54) is 16.2 Å². The Morgan fingerprint density at radius 3 is 2.56 bits per heavy atom. The van der Waals surface area contributed by atoms with E-state index >= 15 is 0 Å². The zero-order valence-corrected chi connectivity index (χ0v) is 38.0. The number of ketones is 1. The van der Waals surface area contributed by atoms with Crippen molar-refractivity contribution < 1.29 is 45.9 Å². The highest BCUT2D eigenvalue weighted by Gasteiger charge is 2.61. The fourth-order valence-corrected chi connectivity index (χ4v) is 11.7. The summed E-state index contributed by atoms with van der Waals surface area (Å²) in [5.74, 6) is -5.07. The Morgan fingerprint density at radius 1 is 1.05 bits per heavy atom. The Labute approximate surface area is 371 Å². The van der Waals surface area contributed by atoms with E-state index in [0.717, 1.165) is 28.3 Å². The molecule has 1 N–H and O–H groups in total. The fourth-order valence-electron chi connectivity index (χ4n) is 9.52. The average Bonchev–Trinajstić information content (AvgIpc) is 4.11. The molecule has 3 amide bonds. The number of Topliss-reactive ketones (excluding diaryl/α,β-unsaturated/α-hetero) is 1. The van der Waals surface area contributed by atoms with Crippen LogP contribution in [0.2, 0.25) is 0 Å². The number of hydrogen-bond acceptors (Lipinski definition) is 11. The molecule has 8 rings (SSSR count). The molecule has 0 radical (unpaired) electrons. The minimum atomic E-state index is -3.91. The Hall–Kier alpha value is -4.51. The molecule has 5 heterocycles. The van der Waals surface area contributed by atoms with Gasteiger partial charge < -0.3 is 19.3 Å². The lowest BCUT2D eigenvalue weighted by Crippen LogP contribution is -2.49. The molecule has 63 heavy (non-hydrogen) atoms. The maximum Gasteiger partial charge on any atom is 0.265 e. The molecule has 2 aliphatic carbocycles. The lowest BCUT2D eigenvalue weighted by Gasteiger charge is -2.34. The first kappa shape index (κ1) is 45.1. The second-order valence-electron chi connectivity index (χ2n) is 18.5. The first-order valence-electron chi connectivity index (χ1n) is 22.3. The molecule has 17 heteroatoms. The number of aryl methyl sites for hydroxylation is 1. The van der Waals surface area contributed by atoms with Crippen LogP contribution in [0.3, 0.4) is 0 Å². The lowest BCUT2D eigenvalue weighted by molar-refractivity contribution is -0.148. The number of amides is 3. The normalized spacial score (nSPS) is 27.3. The van der Waals surface area contributed by atoms with E-state index in [1.54, 1.807) is 7.11 Å². The number of aromatic nitrogens is 2. The maximum atomic E-state index is 15.0. The van der Waals surface area contributed by atoms with Crippen molar-refractivity contribution in [3.63, 3.8) is 0 Å². The monoisotopic (exact) mass is 909 g/mol. The maximum absolute atomic E-state index is 15.0. The van der Waals surface area contributed by atoms with Gasteiger partial charge in [-0.15, -0.1) is 11.3 Å². The van der Waals surface area contributed by atoms with Gasteiger partial charge in [0.15, 0.2) is 5.78 Å². The molecule has 1 aromatic carbocycles. The number of carbonyl (C=O) groups is 4. The quantitative estimate of drug-likeness (QED) is 0.201. The van der Waals surface area contributed by atoms with Crippen LogP contribution in [-0.4, -0.2) is 102 Å². The van der Waals surface area contributed by atoms with Gasteiger partial charge in [-0.25, -0.2) is 27.2 Å². The number of ether oxygens (including phenoxy) is 2. The van der Waals surface area contributed by atoms with Gasteiger partial charge in [0.05, 0.1) is 58.8 Å². The van der Waals surface area contributed by atoms with Gasteiger partial charge in [0.1, 0.15) is 17.6 Å². The fraction of sp³-hybridized carbons (Fsp3) is 0.609. The number of methoxy groups -OCH3 is 1. The second kappa shape index (κ2) is 17.8. The number of fused-ring (bicyclic) bond motifs is 3. The lowest BCUT2D eigenvalue weighted by atomic mass is 9.90. The minimum Gasteiger partial charge on any atom is -0.496 e. The highest BCUT2D eigenvalue weighted by molar-refractivity contribution is 7.90. The van der Waals surface area contributed by atoms with Crippen LogP contribution in [0.25, 0.3) is 22.3 Å². The van der Waals surface area contributed by atoms with E-state index in [1.807, 2.05) is 42.7 Å². The molecule has 0 spiro atoms. The molecule has 0 bridgehead atoms. The van der Waals surface area contributed by atoms with Crippen LogP contribution < -0.4 is 14.2 Å². The molecular weight excluding hydrogens is 853 g/mol. The van der Waals surface area contributed by atoms with E-state index in [-0.39, 0.29) is 63.5 Å². The number of likely N-dealkylation sites (tertiary alicyclic amines) is 1. The van der Waals surface area contributed by atoms with Crippen molar-refractivity contribution in [3.05, 3.63) is 46.3 Å². The number of halogens is 2. The van der Waals surface area contributed by atoms with Gasteiger partial charge in [0.25, 0.3) is 5.92 Å². The largest absolute Gasteiger partial charge is 0.496 e. The van der Waals surface area contributed by atoms with Crippen LogP contribution >= 0.6 is 11.3 Å². The summed E-state index contributed by atoms with van der Waals surface area (Å²) in [5, 5.41) is 2.94. The third-order valence-corrected chi connectivity index (χ3v) is 16.4. The SMILES string of the molecule is COc1ccc2c(O[C@@H]3C[C@H]4C(=O)C[C@]5(C(=O)NS(=O)(=O)C6CC6)C[C@H]5/C=C\CCCCC[C@H](CC(=O)N5CCCC(F)(F)C5)C(=O)N4C3)cc(-c3csc(C(C)C)n3)nc2c1C. The topological polar surface area (TPSA) is 165 Å². The van der Waals surface area contributed by atoms with Crippen molar-refractivity contribution >= 4 is 55.8 Å². The number of carbonyl (C=O) groups excluding carboxylic acids is 4. The molecule has 3 aromatic rings. The van der Waals surface area contributed by atoms with Crippen molar-refractivity contribution in [2.45, 2.75) is 133 Å². The minimum absolute atomic E-state index is 0.0250. The van der Waals surface area contributed by atoms with E-state index in [2.05, 4.69) is 18.6 Å². The van der Waals surface area contributed by atoms with Crippen molar-refractivity contribution in [1.82, 2.24) is 24.5 Å². The standard InChI is InChI=1S/C46H57F2N5O8S2/c1-27(2)42-50-35(25-62-42)34-21-39(33-15-16-38(60-4)28(3)41(33)49-34)61-31-20-36-37(54)23-45(44(57)51-63(58,59)32-13-14-32)22-30(45)12-9-7-5-6-8-11-29(43(56)53(36)24-31)19-40(55)52-18-10-17-46(47,48)26-52/h9,12,15-16,21,25,27,29-32,36H,5-8,10-11,13-14,17-20,22-24,26H2,1-4H3,(H,51,57)/b12-9-/t29-,30-,31-,36+,45-/m1/s1. The molecule has 5 aliphatic rings. The van der Waals surface area contributed by atoms with E-state index in [0.29, 0.717) is 65.9 Å². The Balaban J connectivity index is 1.14. The number of nitrogens with one attached hydrogen (secondary N) is 1. The first-order chi connectivity index (χ1) is 30.0. The Morgan fingerprint density at radius 2 is 1.84 bits per heavy atom. The van der Waals surface area contributed by atoms with Gasteiger partial charge >= 0.3 is 0 Å². The molecule has 2 aromatic heterocycles. The number of pyridine rings is 1. The molecule has 4 fully saturated rings. The van der Waals surface area contributed by atoms with Crippen molar-refractivity contribution in [3.8, 4) is 22.9 Å². The highest BCUT2D eigenvalue weighted by Crippen LogP contribution is 2.57. The van der Waals surface area contributed by atoms with E-state index < -0.39 is 74.7 Å². The molecule has 5 atom stereocenters. The summed E-state index contributed by atoms with van der Waals surface area (Å²) in [7, 11) is -2.32. The van der Waals surface area contributed by atoms with Gasteiger partial charge in [-0.05, 0) is 69.9 Å². The van der Waals surface area contributed by atoms with Crippen molar-refractivity contribution in [2.75, 3.05) is 26.7 Å². The Kier molecular flexibility index (Phi) is 12.7. The van der Waals surface area contributed by atoms with Gasteiger partial charge in [-0.2, -0.15) is 0 Å². The average molecular weight is 910 g/mol. The van der Waals surface area contributed by atoms with E-state index in [4.69, 9.17) is 19.4 Å². The van der Waals surface area contributed by atoms with Crippen molar-refractivity contribution in [1.29, 1.82) is 0 Å². The summed E-state index contributed by atoms with van der Waals surface area (Å²) in [4.78, 5) is 69.9. The van der Waals surface area contributed by atoms with Crippen LogP contribution in [-0.2, 0) is 29.2 Å². The molecular formula is C46H57F2N5O8S2. The summed E-state index contributed by atoms with van der Waals surface area (Å²) in [6.07, 6.45) is 6.78. The number of nitrogens with zero attached hydrogens (tertiary/aromatic N) is 4. The summed E-state index contributed by atoms with van der Waals surface area (Å²) in [5.41, 5.74) is 1.34. The third-order valence-electron chi connectivity index (χ3n) is 13.4. The zero-order chi connectivity index (χ0) is 44.8. The van der Waals surface area contributed by atoms with E-state index in [9.17, 15) is 36.4 Å². The smallest absolute Gasteiger partial charge is 0.265 e. The molecule has 0 unspecified atom stereocenters. The summed E-state index contributed by atoms with van der Waals surface area (Å²) in [6, 6.07) is 4.42. The van der Waals surface area contributed by atoms with Crippen LogP contribution in [0.15, 0.2) is 35.7 Å². The number of rotatable bonds is 10. The molecule has 2 saturated heterocycles. The number of allylic oxidation sites excluding steroid dienone is 2. The number of alkyl halides is 2. The van der Waals surface area contributed by atoms with Crippen LogP contribution in [0.4, 0.5) is 8.78 Å². The van der Waals surface area contributed by atoms with Gasteiger partial charge in [0, 0.05) is 66.5 Å². The molecule has 340 valence electrons. The summed E-state index contributed by atoms with van der Waals surface area (Å²) < 4.78 is 69.8. The molecule has 3 aliphatic heterocycles. The first-order valence-corrected chi connectivity index (χ1v) is 24.7. The van der Waals surface area contributed by atoms with Crippen LogP contribution in [0.5, 0.6) is 11.5 Å². The highest BCUT2D eigenvalue weighted by atomic mass is 32.2. The molecule has 2 saturated carbocycles. The van der Waals surface area contributed by atoms with Gasteiger partial charge in [0.2, 0.25) is 27.7 Å². The number of sulfonamides is 1. The number of benzene rings is 1. The van der Waals surface area contributed by atoms with Crippen molar-refractivity contribution in [2.24, 2.45) is 17.3 Å². The Bertz CT molecular complexity index is 2420. The predicted octanol–water partition coefficient (Wildman–Crippen LogP) is 7.51. The van der Waals surface area contributed by atoms with Gasteiger partial charge in [-0.3, -0.25) is 23.9 Å². The number of thiazole rings is 1. The van der Waals surface area contributed by atoms with Crippen LogP contribution in [0, 0.1) is 24.2 Å². The predicted molar refractivity (Wildman–Crippen MR) is 234 cm³/mol. The summed E-state index contributed by atoms with van der Waals surface area (Å²) in [6.45, 7) is 5.49. The van der Waals surface area contributed by atoms with Crippen LogP contribution in [0.1, 0.15) is 114 Å². The zero-order valence-electron chi connectivity index (χ0n) is 36.4. The number of piperidine rings is 1.